The van der Waals surface area contributed by atoms with Crippen LogP contribution in [0.15, 0.2) is 12.4 Å². The molecule has 1 aliphatic rings. The van der Waals surface area contributed by atoms with E-state index in [0.717, 1.165) is 18.3 Å². The highest BCUT2D eigenvalue weighted by Crippen LogP contribution is 2.21. The van der Waals surface area contributed by atoms with E-state index < -0.39 is 0 Å². The van der Waals surface area contributed by atoms with Crippen molar-refractivity contribution in [2.75, 3.05) is 12.3 Å². The normalized spacial score (nSPS) is 22.1. The summed E-state index contributed by atoms with van der Waals surface area (Å²) in [5.41, 5.74) is 6.52. The molecule has 0 aromatic carbocycles. The average Bonchev–Trinajstić information content (AvgIpc) is 2.69. The molecule has 1 aliphatic heterocycles. The van der Waals surface area contributed by atoms with Crippen molar-refractivity contribution < 1.29 is 0 Å². The predicted molar refractivity (Wildman–Crippen MR) is 60.2 cm³/mol. The highest BCUT2D eigenvalue weighted by molar-refractivity contribution is 5.22. The van der Waals surface area contributed by atoms with E-state index in [2.05, 4.69) is 21.8 Å². The lowest BCUT2D eigenvalue weighted by Crippen LogP contribution is -2.28. The summed E-state index contributed by atoms with van der Waals surface area (Å²) in [6.07, 6.45) is 7.26. The number of nitrogen functional groups attached to an aromatic ring is 1. The number of rotatable bonds is 3. The van der Waals surface area contributed by atoms with Crippen LogP contribution in [0.4, 0.5) is 5.82 Å². The van der Waals surface area contributed by atoms with Crippen LogP contribution in [-0.2, 0) is 6.54 Å². The van der Waals surface area contributed by atoms with E-state index >= 15 is 0 Å². The quantitative estimate of drug-likeness (QED) is 0.813. The SMILES string of the molecule is CCC1CCCN1Cc1cnc(N)cn1. The average molecular weight is 206 g/mol. The van der Waals surface area contributed by atoms with Gasteiger partial charge in [-0.1, -0.05) is 6.92 Å². The molecule has 1 aromatic rings. The molecule has 2 N–H and O–H groups in total. The van der Waals surface area contributed by atoms with Gasteiger partial charge in [-0.25, -0.2) is 4.98 Å². The summed E-state index contributed by atoms with van der Waals surface area (Å²) >= 11 is 0. The maximum absolute atomic E-state index is 5.50. The highest BCUT2D eigenvalue weighted by atomic mass is 15.2. The fourth-order valence-electron chi connectivity index (χ4n) is 2.22. The van der Waals surface area contributed by atoms with Crippen molar-refractivity contribution in [3.05, 3.63) is 18.1 Å². The van der Waals surface area contributed by atoms with Crippen LogP contribution in [-0.4, -0.2) is 27.5 Å². The first-order valence-electron chi connectivity index (χ1n) is 5.60. The topological polar surface area (TPSA) is 55.0 Å². The minimum absolute atomic E-state index is 0.493. The third kappa shape index (κ3) is 2.45. The van der Waals surface area contributed by atoms with Gasteiger partial charge in [0, 0.05) is 12.6 Å². The van der Waals surface area contributed by atoms with E-state index in [9.17, 15) is 0 Å². The number of nitrogens with two attached hydrogens (primary N) is 1. The number of likely N-dealkylation sites (tertiary alicyclic amines) is 1. The highest BCUT2D eigenvalue weighted by Gasteiger charge is 2.22. The number of anilines is 1. The van der Waals surface area contributed by atoms with Gasteiger partial charge in [-0.2, -0.15) is 0 Å². The van der Waals surface area contributed by atoms with E-state index in [1.165, 1.54) is 25.8 Å². The molecule has 0 amide bonds. The first-order chi connectivity index (χ1) is 7.29. The zero-order valence-electron chi connectivity index (χ0n) is 9.19. The van der Waals surface area contributed by atoms with Crippen molar-refractivity contribution in [1.82, 2.24) is 14.9 Å². The van der Waals surface area contributed by atoms with E-state index in [0.29, 0.717) is 5.82 Å². The molecule has 2 rings (SSSR count). The number of aromatic nitrogens is 2. The molecule has 1 unspecified atom stereocenters. The molecule has 0 aliphatic carbocycles. The standard InChI is InChI=1S/C11H18N4/c1-2-10-4-3-5-15(10)8-9-6-14-11(12)7-13-9/h6-7,10H,2-5,8H2,1H3,(H2,12,14). The van der Waals surface area contributed by atoms with Crippen molar-refractivity contribution in [2.45, 2.75) is 38.8 Å². The molecular formula is C11H18N4. The molecule has 1 aromatic heterocycles. The van der Waals surface area contributed by atoms with Gasteiger partial charge in [0.1, 0.15) is 5.82 Å². The third-order valence-corrected chi connectivity index (χ3v) is 3.06. The zero-order valence-corrected chi connectivity index (χ0v) is 9.19. The third-order valence-electron chi connectivity index (χ3n) is 3.06. The zero-order chi connectivity index (χ0) is 10.7. The van der Waals surface area contributed by atoms with Crippen LogP contribution < -0.4 is 5.73 Å². The number of hydrogen-bond acceptors (Lipinski definition) is 4. The van der Waals surface area contributed by atoms with E-state index in [1.54, 1.807) is 12.4 Å². The van der Waals surface area contributed by atoms with Gasteiger partial charge in [0.05, 0.1) is 18.1 Å². The molecule has 1 saturated heterocycles. The van der Waals surface area contributed by atoms with Gasteiger partial charge in [-0.05, 0) is 25.8 Å². The van der Waals surface area contributed by atoms with Crippen LogP contribution in [0.5, 0.6) is 0 Å². The van der Waals surface area contributed by atoms with Gasteiger partial charge in [0.15, 0.2) is 0 Å². The smallest absolute Gasteiger partial charge is 0.141 e. The van der Waals surface area contributed by atoms with Crippen LogP contribution in [0.2, 0.25) is 0 Å². The van der Waals surface area contributed by atoms with Gasteiger partial charge in [0.2, 0.25) is 0 Å². The monoisotopic (exact) mass is 206 g/mol. The van der Waals surface area contributed by atoms with Crippen LogP contribution >= 0.6 is 0 Å². The molecule has 0 spiro atoms. The van der Waals surface area contributed by atoms with Crippen LogP contribution in [0.1, 0.15) is 31.9 Å². The largest absolute Gasteiger partial charge is 0.382 e. The Morgan fingerprint density at radius 1 is 1.47 bits per heavy atom. The molecule has 4 nitrogen and oxygen atoms in total. The molecule has 0 saturated carbocycles. The van der Waals surface area contributed by atoms with E-state index in [4.69, 9.17) is 5.73 Å². The maximum atomic E-state index is 5.50. The van der Waals surface area contributed by atoms with E-state index in [1.807, 2.05) is 0 Å². The number of nitrogens with zero attached hydrogens (tertiary/aromatic N) is 3. The van der Waals surface area contributed by atoms with Gasteiger partial charge >= 0.3 is 0 Å². The van der Waals surface area contributed by atoms with Crippen molar-refractivity contribution in [1.29, 1.82) is 0 Å². The van der Waals surface area contributed by atoms with Crippen LogP contribution in [0, 0.1) is 0 Å². The molecule has 1 atom stereocenters. The van der Waals surface area contributed by atoms with Gasteiger partial charge < -0.3 is 5.73 Å². The summed E-state index contributed by atoms with van der Waals surface area (Å²) in [5, 5.41) is 0. The summed E-state index contributed by atoms with van der Waals surface area (Å²) in [5.74, 6) is 0.493. The van der Waals surface area contributed by atoms with Gasteiger partial charge in [-0.3, -0.25) is 9.88 Å². The molecular weight excluding hydrogens is 188 g/mol. The second kappa shape index (κ2) is 4.57. The maximum Gasteiger partial charge on any atom is 0.141 e. The fourth-order valence-corrected chi connectivity index (χ4v) is 2.22. The van der Waals surface area contributed by atoms with Gasteiger partial charge in [-0.15, -0.1) is 0 Å². The molecule has 4 heteroatoms. The van der Waals surface area contributed by atoms with Crippen molar-refractivity contribution in [2.24, 2.45) is 0 Å². The second-order valence-corrected chi connectivity index (χ2v) is 4.11. The summed E-state index contributed by atoms with van der Waals surface area (Å²) in [7, 11) is 0. The van der Waals surface area contributed by atoms with Crippen molar-refractivity contribution in [3.63, 3.8) is 0 Å². The fraction of sp³-hybridized carbons (Fsp3) is 0.636. The summed E-state index contributed by atoms with van der Waals surface area (Å²) in [4.78, 5) is 10.8. The lowest BCUT2D eigenvalue weighted by atomic mass is 10.2. The molecule has 0 bridgehead atoms. The van der Waals surface area contributed by atoms with Crippen molar-refractivity contribution >= 4 is 5.82 Å². The molecule has 82 valence electrons. The molecule has 15 heavy (non-hydrogen) atoms. The lowest BCUT2D eigenvalue weighted by molar-refractivity contribution is 0.237. The number of hydrogen-bond donors (Lipinski definition) is 1. The Hall–Kier alpha value is -1.16. The summed E-state index contributed by atoms with van der Waals surface area (Å²) in [6, 6.07) is 0.726. The van der Waals surface area contributed by atoms with Crippen LogP contribution in [0.3, 0.4) is 0 Å². The second-order valence-electron chi connectivity index (χ2n) is 4.11. The Balaban J connectivity index is 1.99. The Bertz CT molecular complexity index is 309. The van der Waals surface area contributed by atoms with E-state index in [-0.39, 0.29) is 0 Å². The van der Waals surface area contributed by atoms with Gasteiger partial charge in [0.25, 0.3) is 0 Å². The van der Waals surface area contributed by atoms with Crippen molar-refractivity contribution in [3.8, 4) is 0 Å². The Morgan fingerprint density at radius 2 is 2.33 bits per heavy atom. The lowest BCUT2D eigenvalue weighted by Gasteiger charge is -2.22. The summed E-state index contributed by atoms with van der Waals surface area (Å²) in [6.45, 7) is 4.34. The minimum atomic E-state index is 0.493. The Labute approximate surface area is 90.5 Å². The molecule has 1 fully saturated rings. The Kier molecular flexibility index (Phi) is 3.16. The Morgan fingerprint density at radius 3 is 3.00 bits per heavy atom. The molecule has 2 heterocycles. The first-order valence-corrected chi connectivity index (χ1v) is 5.60. The molecule has 0 radical (unpaired) electrons. The van der Waals surface area contributed by atoms with Crippen LogP contribution in [0.25, 0.3) is 0 Å². The summed E-state index contributed by atoms with van der Waals surface area (Å²) < 4.78 is 0. The predicted octanol–water partition coefficient (Wildman–Crippen LogP) is 1.43. The minimum Gasteiger partial charge on any atom is -0.382 e. The first kappa shape index (κ1) is 10.4.